The summed E-state index contributed by atoms with van der Waals surface area (Å²) in [5.74, 6) is 0. The molecule has 88 valence electrons. The van der Waals surface area contributed by atoms with E-state index >= 15 is 0 Å². The van der Waals surface area contributed by atoms with Gasteiger partial charge in [-0.05, 0) is 0 Å². The van der Waals surface area contributed by atoms with Crippen LogP contribution >= 0.6 is 0 Å². The first kappa shape index (κ1) is 12.3. The van der Waals surface area contributed by atoms with E-state index in [-0.39, 0.29) is 20.9 Å². The van der Waals surface area contributed by atoms with Crippen LogP contribution in [-0.4, -0.2) is 20.9 Å². The molecule has 0 saturated carbocycles. The first-order chi connectivity index (χ1) is 8.06. The van der Waals surface area contributed by atoms with E-state index in [1.54, 1.807) is 0 Å². The molecule has 0 aromatic heterocycles. The quantitative estimate of drug-likeness (QED) is 0.636. The van der Waals surface area contributed by atoms with Crippen LogP contribution < -0.4 is 18.7 Å². The molecule has 0 aliphatic carbocycles. The predicted octanol–water partition coefficient (Wildman–Crippen LogP) is 1.12. The van der Waals surface area contributed by atoms with Gasteiger partial charge in [0.05, 0.1) is 0 Å². The number of nitrogen functional groups attached to an aromatic ring is 2. The molecule has 0 atom stereocenters. The maximum absolute atomic E-state index is 5.93. The van der Waals surface area contributed by atoms with E-state index in [1.807, 2.05) is 13.0 Å². The maximum atomic E-state index is 5.93. The fraction of sp³-hybridized carbons (Fsp3) is 0.143. The molecule has 3 heteroatoms. The summed E-state index contributed by atoms with van der Waals surface area (Å²) in [6.45, 7) is 4.09. The van der Waals surface area contributed by atoms with E-state index in [0.29, 0.717) is 0 Å². The normalized spacial score (nSPS) is 10.5. The van der Waals surface area contributed by atoms with E-state index < -0.39 is 0 Å². The average molecular weight is 340 g/mol. The third kappa shape index (κ3) is 2.94. The summed E-state index contributed by atoms with van der Waals surface area (Å²) in [6.07, 6.45) is 0. The van der Waals surface area contributed by atoms with Crippen molar-refractivity contribution in [3.05, 3.63) is 47.5 Å². The number of nitrogens with two attached hydrogens (primary N) is 2. The standard InChI is InChI=1S/C14H16N2Te/c1-9-3-4-12(8-14(9)16)17-11-5-6-13(15)10(2)7-11/h3-8H,15-16H2,1-2H3. The molecule has 2 rings (SSSR count). The Morgan fingerprint density at radius 3 is 2.06 bits per heavy atom. The van der Waals surface area contributed by atoms with Gasteiger partial charge in [-0.3, -0.25) is 0 Å². The molecular formula is C14H16N2Te. The van der Waals surface area contributed by atoms with E-state index in [4.69, 9.17) is 11.5 Å². The van der Waals surface area contributed by atoms with Gasteiger partial charge < -0.3 is 0 Å². The van der Waals surface area contributed by atoms with E-state index in [0.717, 1.165) is 22.5 Å². The van der Waals surface area contributed by atoms with E-state index in [9.17, 15) is 0 Å². The monoisotopic (exact) mass is 342 g/mol. The minimum absolute atomic E-state index is 0.359. The Balaban J connectivity index is 2.25. The van der Waals surface area contributed by atoms with Gasteiger partial charge in [-0.2, -0.15) is 0 Å². The van der Waals surface area contributed by atoms with Crippen molar-refractivity contribution in [1.29, 1.82) is 0 Å². The van der Waals surface area contributed by atoms with Crippen molar-refractivity contribution in [2.24, 2.45) is 0 Å². The Labute approximate surface area is 112 Å². The van der Waals surface area contributed by atoms with Crippen LogP contribution in [0.1, 0.15) is 11.1 Å². The van der Waals surface area contributed by atoms with Gasteiger partial charge in [0.1, 0.15) is 0 Å². The molecular weight excluding hydrogens is 324 g/mol. The number of anilines is 2. The summed E-state index contributed by atoms with van der Waals surface area (Å²) in [4.78, 5) is 0. The van der Waals surface area contributed by atoms with E-state index in [2.05, 4.69) is 37.3 Å². The Morgan fingerprint density at radius 1 is 0.765 bits per heavy atom. The molecule has 0 saturated heterocycles. The summed E-state index contributed by atoms with van der Waals surface area (Å²) in [5, 5.41) is 0. The fourth-order valence-electron chi connectivity index (χ4n) is 1.53. The molecule has 0 bridgehead atoms. The second-order valence-electron chi connectivity index (χ2n) is 4.14. The SMILES string of the molecule is Cc1cc([Te]c2ccc(C)c(N)c2)ccc1N. The molecule has 4 N–H and O–H groups in total. The van der Waals surface area contributed by atoms with Crippen LogP contribution in [0.25, 0.3) is 0 Å². The zero-order valence-corrected chi connectivity index (χ0v) is 12.4. The van der Waals surface area contributed by atoms with Gasteiger partial charge in [0, 0.05) is 0 Å². The minimum atomic E-state index is -0.359. The molecule has 0 amide bonds. The zero-order chi connectivity index (χ0) is 12.4. The van der Waals surface area contributed by atoms with Crippen molar-refractivity contribution in [1.82, 2.24) is 0 Å². The van der Waals surface area contributed by atoms with Crippen molar-refractivity contribution in [3.63, 3.8) is 0 Å². The molecule has 0 aliphatic heterocycles. The van der Waals surface area contributed by atoms with Crippen molar-refractivity contribution in [2.75, 3.05) is 11.5 Å². The van der Waals surface area contributed by atoms with Gasteiger partial charge in [0.2, 0.25) is 0 Å². The number of hydrogen-bond acceptors (Lipinski definition) is 2. The Hall–Kier alpha value is -1.17. The molecule has 17 heavy (non-hydrogen) atoms. The van der Waals surface area contributed by atoms with Gasteiger partial charge in [-0.1, -0.05) is 0 Å². The first-order valence-corrected chi connectivity index (χ1v) is 7.79. The van der Waals surface area contributed by atoms with Crippen molar-refractivity contribution >= 4 is 39.5 Å². The molecule has 0 spiro atoms. The Kier molecular flexibility index (Phi) is 3.61. The summed E-state index contributed by atoms with van der Waals surface area (Å²) in [5.41, 5.74) is 15.8. The van der Waals surface area contributed by atoms with Crippen LogP contribution in [0.4, 0.5) is 11.4 Å². The Morgan fingerprint density at radius 2 is 1.41 bits per heavy atom. The van der Waals surface area contributed by atoms with Crippen LogP contribution in [-0.2, 0) is 0 Å². The molecule has 2 aromatic carbocycles. The fourth-order valence-corrected chi connectivity index (χ4v) is 4.29. The van der Waals surface area contributed by atoms with Crippen LogP contribution in [0.3, 0.4) is 0 Å². The van der Waals surface area contributed by atoms with Crippen LogP contribution in [0, 0.1) is 13.8 Å². The predicted molar refractivity (Wildman–Crippen MR) is 76.2 cm³/mol. The second-order valence-corrected chi connectivity index (χ2v) is 7.41. The third-order valence-corrected chi connectivity index (χ3v) is 5.52. The molecule has 2 nitrogen and oxygen atoms in total. The van der Waals surface area contributed by atoms with Gasteiger partial charge in [-0.15, -0.1) is 0 Å². The number of hydrogen-bond donors (Lipinski definition) is 2. The summed E-state index contributed by atoms with van der Waals surface area (Å²) in [7, 11) is 0. The molecule has 0 fully saturated rings. The van der Waals surface area contributed by atoms with Crippen molar-refractivity contribution in [3.8, 4) is 0 Å². The molecule has 2 aromatic rings. The summed E-state index contributed by atoms with van der Waals surface area (Å²) in [6, 6.07) is 12.7. The Bertz CT molecular complexity index is 500. The van der Waals surface area contributed by atoms with Gasteiger partial charge in [0.15, 0.2) is 0 Å². The first-order valence-electron chi connectivity index (χ1n) is 5.46. The second kappa shape index (κ2) is 4.99. The molecule has 0 aliphatic rings. The van der Waals surface area contributed by atoms with Crippen molar-refractivity contribution in [2.45, 2.75) is 13.8 Å². The molecule has 0 radical (unpaired) electrons. The van der Waals surface area contributed by atoms with Crippen molar-refractivity contribution < 1.29 is 0 Å². The summed E-state index contributed by atoms with van der Waals surface area (Å²) >= 11 is -0.359. The van der Waals surface area contributed by atoms with Gasteiger partial charge in [0.25, 0.3) is 0 Å². The van der Waals surface area contributed by atoms with Gasteiger partial charge in [-0.25, -0.2) is 0 Å². The van der Waals surface area contributed by atoms with Crippen LogP contribution in [0.2, 0.25) is 0 Å². The van der Waals surface area contributed by atoms with Crippen LogP contribution in [0.15, 0.2) is 36.4 Å². The number of rotatable bonds is 2. The number of benzene rings is 2. The number of aryl methyl sites for hydroxylation is 2. The topological polar surface area (TPSA) is 52.0 Å². The summed E-state index contributed by atoms with van der Waals surface area (Å²) < 4.78 is 2.76. The van der Waals surface area contributed by atoms with Crippen LogP contribution in [0.5, 0.6) is 0 Å². The molecule has 0 heterocycles. The molecule has 0 unspecified atom stereocenters. The zero-order valence-electron chi connectivity index (χ0n) is 10.0. The van der Waals surface area contributed by atoms with E-state index in [1.165, 1.54) is 7.22 Å². The average Bonchev–Trinajstić information content (AvgIpc) is 2.29. The van der Waals surface area contributed by atoms with Gasteiger partial charge >= 0.3 is 112 Å². The third-order valence-electron chi connectivity index (χ3n) is 2.73.